The quantitative estimate of drug-likeness (QED) is 0.839. The van der Waals surface area contributed by atoms with E-state index in [-0.39, 0.29) is 17.4 Å². The average molecular weight is 343 g/mol. The van der Waals surface area contributed by atoms with Gasteiger partial charge in [0.05, 0.1) is 24.1 Å². The van der Waals surface area contributed by atoms with Gasteiger partial charge in [0.25, 0.3) is 5.91 Å². The number of carbonyl (C=O) groups is 1. The molecule has 1 saturated carbocycles. The second-order valence-electron chi connectivity index (χ2n) is 7.00. The van der Waals surface area contributed by atoms with Crippen LogP contribution in [0, 0.1) is 11.7 Å². The van der Waals surface area contributed by atoms with Crippen molar-refractivity contribution in [2.24, 2.45) is 5.92 Å². The van der Waals surface area contributed by atoms with Crippen molar-refractivity contribution in [1.29, 1.82) is 0 Å². The minimum absolute atomic E-state index is 0.0609. The fourth-order valence-electron chi connectivity index (χ4n) is 3.63. The van der Waals surface area contributed by atoms with Gasteiger partial charge in [-0.05, 0) is 30.9 Å². The minimum Gasteiger partial charge on any atom is -0.384 e. The predicted molar refractivity (Wildman–Crippen MR) is 90.7 cm³/mol. The van der Waals surface area contributed by atoms with Crippen LogP contribution in [-0.2, 0) is 17.8 Å². The molecule has 1 atom stereocenters. The summed E-state index contributed by atoms with van der Waals surface area (Å²) in [5.41, 5.74) is 2.33. The molecule has 0 bridgehead atoms. The van der Waals surface area contributed by atoms with Crippen LogP contribution in [0.2, 0.25) is 0 Å². The van der Waals surface area contributed by atoms with Crippen LogP contribution >= 0.6 is 0 Å². The number of benzene rings is 1. The molecule has 1 fully saturated rings. The van der Waals surface area contributed by atoms with E-state index < -0.39 is 5.82 Å². The molecule has 1 aliphatic carbocycles. The van der Waals surface area contributed by atoms with Gasteiger partial charge in [-0.3, -0.25) is 9.48 Å². The Morgan fingerprint density at radius 1 is 1.36 bits per heavy atom. The predicted octanol–water partition coefficient (Wildman–Crippen LogP) is 2.82. The lowest BCUT2D eigenvalue weighted by Crippen LogP contribution is -2.40. The lowest BCUT2D eigenvalue weighted by molar-refractivity contribution is 0.0670. The molecule has 5 nitrogen and oxygen atoms in total. The lowest BCUT2D eigenvalue weighted by atomic mass is 9.96. The lowest BCUT2D eigenvalue weighted by Gasteiger charge is -2.33. The number of halogens is 1. The van der Waals surface area contributed by atoms with Crippen LogP contribution in [0.15, 0.2) is 30.5 Å². The number of rotatable bonds is 5. The van der Waals surface area contributed by atoms with Gasteiger partial charge in [-0.1, -0.05) is 12.1 Å². The van der Waals surface area contributed by atoms with E-state index in [0.717, 1.165) is 18.0 Å². The molecule has 1 unspecified atom stereocenters. The topological polar surface area (TPSA) is 47.4 Å². The second kappa shape index (κ2) is 6.59. The highest BCUT2D eigenvalue weighted by Crippen LogP contribution is 2.34. The number of ether oxygens (including phenoxy) is 1. The molecule has 4 rings (SSSR count). The third-order valence-electron chi connectivity index (χ3n) is 5.04. The summed E-state index contributed by atoms with van der Waals surface area (Å²) in [4.78, 5) is 14.5. The standard InChI is InChI=1S/C19H22FN3O2/c1-25-12-15-11-22(19(24)16-4-2-3-5-17(16)20)10-14-8-21-23(18(14)15)9-13-6-7-13/h2-5,8,13,15H,6-7,9-12H2,1H3. The first-order chi connectivity index (χ1) is 12.2. The molecule has 0 N–H and O–H groups in total. The summed E-state index contributed by atoms with van der Waals surface area (Å²) in [6.45, 7) is 2.44. The highest BCUT2D eigenvalue weighted by molar-refractivity contribution is 5.94. The van der Waals surface area contributed by atoms with Crippen molar-refractivity contribution in [1.82, 2.24) is 14.7 Å². The van der Waals surface area contributed by atoms with E-state index in [0.29, 0.717) is 19.7 Å². The molecular formula is C19H22FN3O2. The van der Waals surface area contributed by atoms with E-state index in [2.05, 4.69) is 9.78 Å². The third kappa shape index (κ3) is 3.18. The second-order valence-corrected chi connectivity index (χ2v) is 7.00. The number of hydrogen-bond donors (Lipinski definition) is 0. The maximum Gasteiger partial charge on any atom is 0.257 e. The zero-order valence-corrected chi connectivity index (χ0v) is 14.3. The van der Waals surface area contributed by atoms with Crippen molar-refractivity contribution in [2.45, 2.75) is 31.8 Å². The fraction of sp³-hybridized carbons (Fsp3) is 0.474. The van der Waals surface area contributed by atoms with Crippen LogP contribution in [0.5, 0.6) is 0 Å². The van der Waals surface area contributed by atoms with Gasteiger partial charge in [-0.25, -0.2) is 4.39 Å². The Morgan fingerprint density at radius 2 is 2.16 bits per heavy atom. The Morgan fingerprint density at radius 3 is 2.88 bits per heavy atom. The van der Waals surface area contributed by atoms with Crippen molar-refractivity contribution >= 4 is 5.91 Å². The number of aromatic nitrogens is 2. The Labute approximate surface area is 146 Å². The average Bonchev–Trinajstić information content (AvgIpc) is 3.34. The molecule has 25 heavy (non-hydrogen) atoms. The van der Waals surface area contributed by atoms with Crippen LogP contribution in [-0.4, -0.2) is 40.8 Å². The monoisotopic (exact) mass is 343 g/mol. The van der Waals surface area contributed by atoms with E-state index in [1.807, 2.05) is 6.20 Å². The van der Waals surface area contributed by atoms with E-state index in [9.17, 15) is 9.18 Å². The van der Waals surface area contributed by atoms with E-state index in [1.165, 1.54) is 30.7 Å². The van der Waals surface area contributed by atoms with Crippen LogP contribution in [0.3, 0.4) is 0 Å². The summed E-state index contributed by atoms with van der Waals surface area (Å²) in [5, 5.41) is 4.54. The summed E-state index contributed by atoms with van der Waals surface area (Å²) in [6.07, 6.45) is 4.38. The van der Waals surface area contributed by atoms with E-state index >= 15 is 0 Å². The zero-order chi connectivity index (χ0) is 17.4. The van der Waals surface area contributed by atoms with Crippen molar-refractivity contribution in [3.8, 4) is 0 Å². The van der Waals surface area contributed by atoms with Gasteiger partial charge in [0, 0.05) is 38.2 Å². The number of amides is 1. The SMILES string of the molecule is COCC1CN(C(=O)c2ccccc2F)Cc2cnn(CC3CC3)c21. The van der Waals surface area contributed by atoms with Gasteiger partial charge in [0.15, 0.2) is 0 Å². The number of hydrogen-bond acceptors (Lipinski definition) is 3. The Balaban J connectivity index is 1.61. The normalized spacial score (nSPS) is 19.8. The van der Waals surface area contributed by atoms with Crippen LogP contribution < -0.4 is 0 Å². The molecule has 2 aromatic rings. The Bertz CT molecular complexity index is 785. The molecule has 2 aliphatic rings. The maximum atomic E-state index is 14.0. The summed E-state index contributed by atoms with van der Waals surface area (Å²) < 4.78 is 21.5. The molecule has 1 aromatic heterocycles. The number of methoxy groups -OCH3 is 1. The molecule has 0 radical (unpaired) electrons. The summed E-state index contributed by atoms with van der Waals surface area (Å²) in [5.74, 6) is 0.0295. The highest BCUT2D eigenvalue weighted by atomic mass is 19.1. The first kappa shape index (κ1) is 16.3. The fourth-order valence-corrected chi connectivity index (χ4v) is 3.63. The molecule has 2 heterocycles. The molecule has 6 heteroatoms. The Hall–Kier alpha value is -2.21. The van der Waals surface area contributed by atoms with Crippen LogP contribution in [0.4, 0.5) is 4.39 Å². The van der Waals surface area contributed by atoms with Gasteiger partial charge in [-0.2, -0.15) is 5.10 Å². The summed E-state index contributed by atoms with van der Waals surface area (Å²) in [6, 6.07) is 6.14. The number of fused-ring (bicyclic) bond motifs is 1. The molecular weight excluding hydrogens is 321 g/mol. The summed E-state index contributed by atoms with van der Waals surface area (Å²) in [7, 11) is 1.67. The molecule has 0 spiro atoms. The van der Waals surface area contributed by atoms with Crippen LogP contribution in [0.25, 0.3) is 0 Å². The molecule has 1 aliphatic heterocycles. The molecule has 0 saturated heterocycles. The van der Waals surface area contributed by atoms with Gasteiger partial charge >= 0.3 is 0 Å². The number of carbonyl (C=O) groups excluding carboxylic acids is 1. The maximum absolute atomic E-state index is 14.0. The smallest absolute Gasteiger partial charge is 0.257 e. The highest BCUT2D eigenvalue weighted by Gasteiger charge is 2.34. The van der Waals surface area contributed by atoms with E-state index in [1.54, 1.807) is 24.1 Å². The van der Waals surface area contributed by atoms with Gasteiger partial charge in [-0.15, -0.1) is 0 Å². The largest absolute Gasteiger partial charge is 0.384 e. The van der Waals surface area contributed by atoms with E-state index in [4.69, 9.17) is 4.74 Å². The molecule has 1 aromatic carbocycles. The number of nitrogens with zero attached hydrogens (tertiary/aromatic N) is 3. The summed E-state index contributed by atoms with van der Waals surface area (Å²) >= 11 is 0. The first-order valence-corrected chi connectivity index (χ1v) is 8.74. The van der Waals surface area contributed by atoms with Crippen molar-refractivity contribution in [2.75, 3.05) is 20.3 Å². The van der Waals surface area contributed by atoms with Crippen molar-refractivity contribution < 1.29 is 13.9 Å². The van der Waals surface area contributed by atoms with Crippen molar-refractivity contribution in [3.63, 3.8) is 0 Å². The molecule has 1 amide bonds. The van der Waals surface area contributed by atoms with Gasteiger partial charge in [0.2, 0.25) is 0 Å². The van der Waals surface area contributed by atoms with Crippen LogP contribution in [0.1, 0.15) is 40.4 Å². The van der Waals surface area contributed by atoms with Gasteiger partial charge in [0.1, 0.15) is 5.82 Å². The van der Waals surface area contributed by atoms with Crippen molar-refractivity contribution in [3.05, 3.63) is 53.1 Å². The Kier molecular flexibility index (Phi) is 4.29. The zero-order valence-electron chi connectivity index (χ0n) is 14.3. The minimum atomic E-state index is -0.481. The third-order valence-corrected chi connectivity index (χ3v) is 5.04. The van der Waals surface area contributed by atoms with Gasteiger partial charge < -0.3 is 9.64 Å². The first-order valence-electron chi connectivity index (χ1n) is 8.74. The molecule has 132 valence electrons.